The van der Waals surface area contributed by atoms with E-state index in [-0.39, 0.29) is 11.6 Å². The summed E-state index contributed by atoms with van der Waals surface area (Å²) in [5.41, 5.74) is 0.522. The molecule has 2 rings (SSSR count). The molecule has 0 spiro atoms. The van der Waals surface area contributed by atoms with Crippen molar-refractivity contribution in [2.45, 2.75) is 19.5 Å². The van der Waals surface area contributed by atoms with Crippen LogP contribution in [-0.2, 0) is 4.79 Å². The molecular formula is C10H12N2O. The van der Waals surface area contributed by atoms with Crippen LogP contribution in [0.15, 0.2) is 36.2 Å². The molecule has 0 bridgehead atoms. The van der Waals surface area contributed by atoms with E-state index in [1.807, 2.05) is 32.1 Å². The molecule has 2 aliphatic rings. The highest BCUT2D eigenvalue weighted by molar-refractivity contribution is 5.91. The summed E-state index contributed by atoms with van der Waals surface area (Å²) >= 11 is 0. The van der Waals surface area contributed by atoms with Crippen molar-refractivity contribution in [1.29, 1.82) is 0 Å². The molecular weight excluding hydrogens is 164 g/mol. The number of hydrogen-bond donors (Lipinski definition) is 1. The first kappa shape index (κ1) is 8.10. The SMILES string of the molecule is CC1=CC(=O)N2C=CC=CC2(C)N1. The van der Waals surface area contributed by atoms with Crippen LogP contribution in [0.3, 0.4) is 0 Å². The van der Waals surface area contributed by atoms with Crippen molar-refractivity contribution in [2.75, 3.05) is 0 Å². The smallest absolute Gasteiger partial charge is 0.254 e. The summed E-state index contributed by atoms with van der Waals surface area (Å²) in [6, 6.07) is 0. The second kappa shape index (κ2) is 2.49. The Balaban J connectivity index is 2.44. The summed E-state index contributed by atoms with van der Waals surface area (Å²) in [5.74, 6) is 0.0272. The molecule has 1 N–H and O–H groups in total. The first-order chi connectivity index (χ1) is 6.12. The predicted octanol–water partition coefficient (Wildman–Crippen LogP) is 1.12. The van der Waals surface area contributed by atoms with Gasteiger partial charge in [0.1, 0.15) is 5.66 Å². The second-order valence-electron chi connectivity index (χ2n) is 3.51. The van der Waals surface area contributed by atoms with E-state index in [4.69, 9.17) is 0 Å². The predicted molar refractivity (Wildman–Crippen MR) is 50.4 cm³/mol. The average Bonchev–Trinajstić information content (AvgIpc) is 2.01. The van der Waals surface area contributed by atoms with Crippen LogP contribution < -0.4 is 5.32 Å². The summed E-state index contributed by atoms with van der Waals surface area (Å²) < 4.78 is 0. The Morgan fingerprint density at radius 1 is 1.46 bits per heavy atom. The standard InChI is InChI=1S/C10H12N2O/c1-8-7-9(13)12-6-4-3-5-10(12,2)11-8/h3-7,11H,1-2H3. The maximum absolute atomic E-state index is 11.6. The lowest BCUT2D eigenvalue weighted by Crippen LogP contribution is -2.57. The number of allylic oxidation sites excluding steroid dienone is 3. The molecule has 13 heavy (non-hydrogen) atoms. The number of fused-ring (bicyclic) bond motifs is 1. The third-order valence-electron chi connectivity index (χ3n) is 2.30. The van der Waals surface area contributed by atoms with Crippen molar-refractivity contribution in [3.8, 4) is 0 Å². The Hall–Kier alpha value is -1.51. The molecule has 2 aliphatic heterocycles. The van der Waals surface area contributed by atoms with Crippen LogP contribution in [0.4, 0.5) is 0 Å². The zero-order valence-corrected chi connectivity index (χ0v) is 7.74. The van der Waals surface area contributed by atoms with Crippen molar-refractivity contribution in [3.05, 3.63) is 36.2 Å². The molecule has 0 aliphatic carbocycles. The number of carbonyl (C=O) groups is 1. The van der Waals surface area contributed by atoms with Gasteiger partial charge in [0.05, 0.1) is 0 Å². The van der Waals surface area contributed by atoms with Gasteiger partial charge < -0.3 is 5.32 Å². The van der Waals surface area contributed by atoms with Crippen molar-refractivity contribution in [2.24, 2.45) is 0 Å². The second-order valence-corrected chi connectivity index (χ2v) is 3.51. The van der Waals surface area contributed by atoms with Gasteiger partial charge in [-0.2, -0.15) is 0 Å². The van der Waals surface area contributed by atoms with Crippen LogP contribution in [0.5, 0.6) is 0 Å². The van der Waals surface area contributed by atoms with Gasteiger partial charge >= 0.3 is 0 Å². The normalized spacial score (nSPS) is 31.1. The van der Waals surface area contributed by atoms with Crippen molar-refractivity contribution in [1.82, 2.24) is 10.2 Å². The molecule has 0 radical (unpaired) electrons. The molecule has 0 saturated carbocycles. The Bertz CT molecular complexity index is 341. The molecule has 0 fully saturated rings. The quantitative estimate of drug-likeness (QED) is 0.600. The number of nitrogens with zero attached hydrogens (tertiary/aromatic N) is 1. The molecule has 1 unspecified atom stereocenters. The highest BCUT2D eigenvalue weighted by Crippen LogP contribution is 2.23. The molecule has 0 aromatic rings. The van der Waals surface area contributed by atoms with E-state index in [0.717, 1.165) is 5.70 Å². The molecule has 0 saturated heterocycles. The van der Waals surface area contributed by atoms with Crippen molar-refractivity contribution in [3.63, 3.8) is 0 Å². The number of carbonyl (C=O) groups excluding carboxylic acids is 1. The summed E-state index contributed by atoms with van der Waals surface area (Å²) in [7, 11) is 0. The monoisotopic (exact) mass is 176 g/mol. The molecule has 0 aromatic carbocycles. The third-order valence-corrected chi connectivity index (χ3v) is 2.30. The fourth-order valence-electron chi connectivity index (χ4n) is 1.71. The van der Waals surface area contributed by atoms with Crippen LogP contribution in [0.25, 0.3) is 0 Å². The van der Waals surface area contributed by atoms with E-state index in [9.17, 15) is 4.79 Å². The number of amides is 1. The molecule has 68 valence electrons. The summed E-state index contributed by atoms with van der Waals surface area (Å²) in [6.45, 7) is 3.87. The van der Waals surface area contributed by atoms with E-state index in [2.05, 4.69) is 5.32 Å². The van der Waals surface area contributed by atoms with Crippen LogP contribution in [-0.4, -0.2) is 16.5 Å². The summed E-state index contributed by atoms with van der Waals surface area (Å²) in [4.78, 5) is 13.2. The van der Waals surface area contributed by atoms with Crippen LogP contribution in [0, 0.1) is 0 Å². The van der Waals surface area contributed by atoms with Crippen molar-refractivity contribution < 1.29 is 4.79 Å². The first-order valence-corrected chi connectivity index (χ1v) is 4.28. The molecule has 3 nitrogen and oxygen atoms in total. The Kier molecular flexibility index (Phi) is 1.55. The van der Waals surface area contributed by atoms with E-state index in [0.29, 0.717) is 0 Å². The maximum atomic E-state index is 11.6. The van der Waals surface area contributed by atoms with E-state index >= 15 is 0 Å². The van der Waals surface area contributed by atoms with E-state index in [1.165, 1.54) is 0 Å². The average molecular weight is 176 g/mol. The molecule has 1 atom stereocenters. The van der Waals surface area contributed by atoms with Gasteiger partial charge in [0.15, 0.2) is 0 Å². The van der Waals surface area contributed by atoms with Crippen LogP contribution in [0.2, 0.25) is 0 Å². The topological polar surface area (TPSA) is 32.3 Å². The lowest BCUT2D eigenvalue weighted by atomic mass is 10.0. The first-order valence-electron chi connectivity index (χ1n) is 4.28. The van der Waals surface area contributed by atoms with Crippen LogP contribution >= 0.6 is 0 Å². The minimum atomic E-state index is -0.384. The van der Waals surface area contributed by atoms with Crippen molar-refractivity contribution >= 4 is 5.91 Å². The highest BCUT2D eigenvalue weighted by Gasteiger charge is 2.34. The van der Waals surface area contributed by atoms with Gasteiger partial charge in [-0.05, 0) is 26.0 Å². The molecule has 3 heteroatoms. The third kappa shape index (κ3) is 1.16. The Morgan fingerprint density at radius 2 is 2.23 bits per heavy atom. The number of rotatable bonds is 0. The lowest BCUT2D eigenvalue weighted by Gasteiger charge is -2.42. The van der Waals surface area contributed by atoms with Gasteiger partial charge in [0, 0.05) is 18.0 Å². The van der Waals surface area contributed by atoms with E-state index < -0.39 is 0 Å². The zero-order valence-electron chi connectivity index (χ0n) is 7.74. The van der Waals surface area contributed by atoms with Gasteiger partial charge in [-0.1, -0.05) is 6.08 Å². The largest absolute Gasteiger partial charge is 0.363 e. The maximum Gasteiger partial charge on any atom is 0.254 e. The van der Waals surface area contributed by atoms with Gasteiger partial charge in [-0.25, -0.2) is 0 Å². The summed E-state index contributed by atoms with van der Waals surface area (Å²) in [6.07, 6.45) is 9.16. The fourth-order valence-corrected chi connectivity index (χ4v) is 1.71. The highest BCUT2D eigenvalue weighted by atomic mass is 16.2. The van der Waals surface area contributed by atoms with Gasteiger partial charge in [0.2, 0.25) is 0 Å². The van der Waals surface area contributed by atoms with Gasteiger partial charge in [-0.3, -0.25) is 9.69 Å². The van der Waals surface area contributed by atoms with E-state index in [1.54, 1.807) is 17.2 Å². The molecule has 0 aromatic heterocycles. The zero-order chi connectivity index (χ0) is 9.47. The minimum absolute atomic E-state index is 0.0272. The van der Waals surface area contributed by atoms with Crippen LogP contribution in [0.1, 0.15) is 13.8 Å². The number of nitrogens with one attached hydrogen (secondary N) is 1. The minimum Gasteiger partial charge on any atom is -0.363 e. The Labute approximate surface area is 77.4 Å². The number of hydrogen-bond acceptors (Lipinski definition) is 2. The van der Waals surface area contributed by atoms with Gasteiger partial charge in [0.25, 0.3) is 5.91 Å². The Morgan fingerprint density at radius 3 is 3.00 bits per heavy atom. The summed E-state index contributed by atoms with van der Waals surface area (Å²) in [5, 5.41) is 3.25. The molecule has 2 heterocycles. The molecule has 1 amide bonds. The fraction of sp³-hybridized carbons (Fsp3) is 0.300. The van der Waals surface area contributed by atoms with Gasteiger partial charge in [-0.15, -0.1) is 0 Å². The lowest BCUT2D eigenvalue weighted by molar-refractivity contribution is -0.128.